The predicted octanol–water partition coefficient (Wildman–Crippen LogP) is 4.80. The first-order valence-electron chi connectivity index (χ1n) is 7.82. The van der Waals surface area contributed by atoms with Crippen molar-refractivity contribution in [2.45, 2.75) is 58.8 Å². The molecule has 2 heteroatoms. The Bertz CT molecular complexity index is 478. The van der Waals surface area contributed by atoms with Crippen molar-refractivity contribution in [1.29, 1.82) is 0 Å². The van der Waals surface area contributed by atoms with Crippen molar-refractivity contribution in [1.82, 2.24) is 0 Å². The average Bonchev–Trinajstić information content (AvgIpc) is 2.70. The predicted molar refractivity (Wildman–Crippen MR) is 82.5 cm³/mol. The summed E-state index contributed by atoms with van der Waals surface area (Å²) in [7, 11) is 1.65. The van der Waals surface area contributed by atoms with Crippen molar-refractivity contribution >= 4 is 5.78 Å². The van der Waals surface area contributed by atoms with Gasteiger partial charge in [-0.1, -0.05) is 52.0 Å². The molecule has 0 spiro atoms. The van der Waals surface area contributed by atoms with Crippen LogP contribution in [0.5, 0.6) is 5.75 Å². The number of carbonyl (C=O) groups excluding carboxylic acids is 1. The molecule has 0 radical (unpaired) electrons. The van der Waals surface area contributed by atoms with E-state index in [0.29, 0.717) is 5.78 Å². The van der Waals surface area contributed by atoms with E-state index >= 15 is 0 Å². The van der Waals surface area contributed by atoms with E-state index in [1.165, 1.54) is 31.2 Å². The Morgan fingerprint density at radius 3 is 2.65 bits per heavy atom. The number of ether oxygens (including phenoxy) is 1. The van der Waals surface area contributed by atoms with Crippen LogP contribution in [-0.2, 0) is 6.42 Å². The van der Waals surface area contributed by atoms with Gasteiger partial charge >= 0.3 is 0 Å². The van der Waals surface area contributed by atoms with Gasteiger partial charge in [0.2, 0.25) is 0 Å². The van der Waals surface area contributed by atoms with Crippen LogP contribution in [0, 0.1) is 5.41 Å². The zero-order valence-electron chi connectivity index (χ0n) is 13.0. The second-order valence-corrected chi connectivity index (χ2v) is 6.25. The molecule has 2 nitrogen and oxygen atoms in total. The van der Waals surface area contributed by atoms with Crippen molar-refractivity contribution in [2.24, 2.45) is 5.41 Å². The molecule has 110 valence electrons. The van der Waals surface area contributed by atoms with Crippen LogP contribution in [0.2, 0.25) is 0 Å². The van der Waals surface area contributed by atoms with Gasteiger partial charge in [0.25, 0.3) is 0 Å². The molecule has 1 aliphatic carbocycles. The van der Waals surface area contributed by atoms with E-state index in [4.69, 9.17) is 4.74 Å². The second-order valence-electron chi connectivity index (χ2n) is 6.25. The number of ketones is 1. The van der Waals surface area contributed by atoms with Gasteiger partial charge in [-0.15, -0.1) is 0 Å². The minimum Gasteiger partial charge on any atom is -0.497 e. The topological polar surface area (TPSA) is 26.3 Å². The minimum absolute atomic E-state index is 0.194. The van der Waals surface area contributed by atoms with Gasteiger partial charge in [-0.2, -0.15) is 0 Å². The average molecular weight is 274 g/mol. The Morgan fingerprint density at radius 2 is 1.95 bits per heavy atom. The number of hydrogen-bond acceptors (Lipinski definition) is 2. The van der Waals surface area contributed by atoms with E-state index in [-0.39, 0.29) is 5.41 Å². The second kappa shape index (κ2) is 6.43. The van der Waals surface area contributed by atoms with Gasteiger partial charge in [0.1, 0.15) is 5.75 Å². The summed E-state index contributed by atoms with van der Waals surface area (Å²) in [5, 5.41) is 0. The number of methoxy groups -OCH3 is 1. The lowest BCUT2D eigenvalue weighted by Gasteiger charge is -2.21. The first kappa shape index (κ1) is 15.1. The molecule has 1 aromatic carbocycles. The molecule has 2 rings (SSSR count). The van der Waals surface area contributed by atoms with Crippen LogP contribution in [0.1, 0.15) is 68.3 Å². The molecule has 0 amide bonds. The number of Topliss-reactive ketones (excluding diaryl/α,β-unsaturated/α-hetero) is 1. The van der Waals surface area contributed by atoms with Crippen LogP contribution in [0.25, 0.3) is 0 Å². The number of hydrogen-bond donors (Lipinski definition) is 0. The molecule has 0 aliphatic heterocycles. The smallest absolute Gasteiger partial charge is 0.169 e. The quantitative estimate of drug-likeness (QED) is 0.667. The fraction of sp³-hybridized carbons (Fsp3) is 0.611. The van der Waals surface area contributed by atoms with Gasteiger partial charge in [-0.05, 0) is 30.5 Å². The number of benzene rings is 1. The van der Waals surface area contributed by atoms with Gasteiger partial charge < -0.3 is 4.74 Å². The highest BCUT2D eigenvalue weighted by Gasteiger charge is 2.40. The molecule has 1 unspecified atom stereocenters. The molecule has 1 aliphatic rings. The highest BCUT2D eigenvalue weighted by Crippen LogP contribution is 2.41. The van der Waals surface area contributed by atoms with Crippen molar-refractivity contribution in [3.05, 3.63) is 29.3 Å². The fourth-order valence-corrected chi connectivity index (χ4v) is 3.19. The van der Waals surface area contributed by atoms with Crippen molar-refractivity contribution in [3.63, 3.8) is 0 Å². The molecular formula is C18H26O2. The summed E-state index contributed by atoms with van der Waals surface area (Å²) in [6, 6.07) is 5.91. The molecular weight excluding hydrogens is 248 g/mol. The van der Waals surface area contributed by atoms with E-state index < -0.39 is 0 Å². The van der Waals surface area contributed by atoms with Crippen molar-refractivity contribution < 1.29 is 9.53 Å². The molecule has 0 saturated heterocycles. The van der Waals surface area contributed by atoms with E-state index in [0.717, 1.165) is 30.6 Å². The summed E-state index contributed by atoms with van der Waals surface area (Å²) in [6.45, 7) is 4.35. The lowest BCUT2D eigenvalue weighted by Crippen LogP contribution is -2.23. The van der Waals surface area contributed by atoms with Crippen LogP contribution in [0.15, 0.2) is 18.2 Å². The molecule has 0 saturated carbocycles. The summed E-state index contributed by atoms with van der Waals surface area (Å²) < 4.78 is 5.23. The molecule has 0 aromatic heterocycles. The molecule has 1 aromatic rings. The Morgan fingerprint density at radius 1 is 1.20 bits per heavy atom. The third-order valence-corrected chi connectivity index (χ3v) is 4.52. The maximum Gasteiger partial charge on any atom is 0.169 e. The Kier molecular flexibility index (Phi) is 4.85. The molecule has 20 heavy (non-hydrogen) atoms. The molecule has 0 fully saturated rings. The van der Waals surface area contributed by atoms with Crippen molar-refractivity contribution in [3.8, 4) is 5.75 Å². The first-order chi connectivity index (χ1) is 9.60. The molecule has 1 atom stereocenters. The Balaban J connectivity index is 1.99. The lowest BCUT2D eigenvalue weighted by molar-refractivity contribution is 0.0826. The fourth-order valence-electron chi connectivity index (χ4n) is 3.19. The molecule has 0 heterocycles. The van der Waals surface area contributed by atoms with Gasteiger partial charge in [0.05, 0.1) is 7.11 Å². The molecule has 0 N–H and O–H groups in total. The highest BCUT2D eigenvalue weighted by molar-refractivity contribution is 6.05. The normalized spacial score (nSPS) is 21.1. The van der Waals surface area contributed by atoms with E-state index in [9.17, 15) is 4.79 Å². The van der Waals surface area contributed by atoms with Gasteiger partial charge in [0.15, 0.2) is 5.78 Å². The maximum atomic E-state index is 12.7. The monoisotopic (exact) mass is 274 g/mol. The van der Waals surface area contributed by atoms with Gasteiger partial charge in [-0.3, -0.25) is 4.79 Å². The minimum atomic E-state index is -0.194. The van der Waals surface area contributed by atoms with Crippen LogP contribution >= 0.6 is 0 Å². The zero-order chi connectivity index (χ0) is 14.6. The number of carbonyl (C=O) groups is 1. The summed E-state index contributed by atoms with van der Waals surface area (Å²) in [6.07, 6.45) is 8.17. The third-order valence-electron chi connectivity index (χ3n) is 4.52. The first-order valence-corrected chi connectivity index (χ1v) is 7.82. The summed E-state index contributed by atoms with van der Waals surface area (Å²) in [5.74, 6) is 1.09. The van der Waals surface area contributed by atoms with E-state index in [1.54, 1.807) is 7.11 Å². The Labute approximate surface area is 122 Å². The maximum absolute atomic E-state index is 12.7. The van der Waals surface area contributed by atoms with Gasteiger partial charge in [0, 0.05) is 11.0 Å². The van der Waals surface area contributed by atoms with Crippen LogP contribution in [0.3, 0.4) is 0 Å². The third kappa shape index (κ3) is 3.05. The largest absolute Gasteiger partial charge is 0.497 e. The standard InChI is InChI=1S/C18H26O2/c1-4-5-6-7-8-11-18(2)13-14-9-10-15(20-3)12-16(14)17(18)19/h9-10,12H,4-8,11,13H2,1-3H3. The summed E-state index contributed by atoms with van der Waals surface area (Å²) in [4.78, 5) is 12.7. The van der Waals surface area contributed by atoms with E-state index in [2.05, 4.69) is 13.8 Å². The van der Waals surface area contributed by atoms with Gasteiger partial charge in [-0.25, -0.2) is 0 Å². The van der Waals surface area contributed by atoms with Crippen LogP contribution in [0.4, 0.5) is 0 Å². The number of fused-ring (bicyclic) bond motifs is 1. The SMILES string of the molecule is CCCCCCCC1(C)Cc2ccc(OC)cc2C1=O. The van der Waals surface area contributed by atoms with Crippen LogP contribution < -0.4 is 4.74 Å². The van der Waals surface area contributed by atoms with Crippen LogP contribution in [-0.4, -0.2) is 12.9 Å². The lowest BCUT2D eigenvalue weighted by atomic mass is 9.81. The number of rotatable bonds is 7. The highest BCUT2D eigenvalue weighted by atomic mass is 16.5. The summed E-state index contributed by atoms with van der Waals surface area (Å²) in [5.41, 5.74) is 1.87. The van der Waals surface area contributed by atoms with Crippen molar-refractivity contribution in [2.75, 3.05) is 7.11 Å². The Hall–Kier alpha value is -1.31. The van der Waals surface area contributed by atoms with E-state index in [1.807, 2.05) is 18.2 Å². The molecule has 0 bridgehead atoms. The number of unbranched alkanes of at least 4 members (excludes halogenated alkanes) is 4. The summed E-state index contributed by atoms with van der Waals surface area (Å²) >= 11 is 0. The zero-order valence-corrected chi connectivity index (χ0v) is 13.0.